The lowest BCUT2D eigenvalue weighted by molar-refractivity contribution is 1.33. The molecule has 3 nitrogen and oxygen atoms in total. The second kappa shape index (κ2) is 10.3. The average Bonchev–Trinajstić information content (AvgIpc) is 2.93. The molecular weight excluding hydrogens is 414 g/mol. The van der Waals surface area contributed by atoms with E-state index in [0.717, 1.165) is 44.8 Å². The molecule has 0 amide bonds. The third-order valence-corrected chi connectivity index (χ3v) is 5.46. The minimum absolute atomic E-state index is 0.920. The molecule has 3 heteroatoms. The van der Waals surface area contributed by atoms with Gasteiger partial charge in [0.2, 0.25) is 0 Å². The summed E-state index contributed by atoms with van der Waals surface area (Å²) in [5.41, 5.74) is 8.37. The van der Waals surface area contributed by atoms with Crippen molar-refractivity contribution in [2.75, 3.05) is 0 Å². The standard InChI is InChI=1S/C31H23N3/c1-3-7-24(8-4-1)20-33-30-15-11-26(12-16-30)28-19-29(23-32-22-28)27-13-17-31(18-14-27)34-21-25-9-5-2-6-10-25/h1-23H/b33-20+,34-21+. The van der Waals surface area contributed by atoms with E-state index in [0.29, 0.717) is 0 Å². The highest BCUT2D eigenvalue weighted by atomic mass is 14.7. The molecule has 1 heterocycles. The zero-order valence-corrected chi connectivity index (χ0v) is 18.6. The maximum atomic E-state index is 4.57. The van der Waals surface area contributed by atoms with Gasteiger partial charge < -0.3 is 0 Å². The molecule has 0 radical (unpaired) electrons. The molecule has 5 aromatic rings. The number of rotatable bonds is 6. The van der Waals surface area contributed by atoms with E-state index < -0.39 is 0 Å². The van der Waals surface area contributed by atoms with E-state index in [2.05, 4.69) is 45.3 Å². The highest BCUT2D eigenvalue weighted by Crippen LogP contribution is 2.28. The zero-order valence-electron chi connectivity index (χ0n) is 18.6. The summed E-state index contributed by atoms with van der Waals surface area (Å²) >= 11 is 0. The summed E-state index contributed by atoms with van der Waals surface area (Å²) in [7, 11) is 0. The lowest BCUT2D eigenvalue weighted by Gasteiger charge is -2.06. The molecule has 4 aromatic carbocycles. The molecule has 162 valence electrons. The molecule has 0 aliphatic rings. The number of aromatic nitrogens is 1. The molecule has 0 bridgehead atoms. The van der Waals surface area contributed by atoms with Gasteiger partial charge in [0, 0.05) is 35.9 Å². The minimum atomic E-state index is 0.920. The molecule has 1 aromatic heterocycles. The number of pyridine rings is 1. The lowest BCUT2D eigenvalue weighted by Crippen LogP contribution is -1.84. The highest BCUT2D eigenvalue weighted by molar-refractivity contribution is 5.83. The Kier molecular flexibility index (Phi) is 6.45. The second-order valence-electron chi connectivity index (χ2n) is 7.89. The van der Waals surface area contributed by atoms with Gasteiger partial charge in [0.15, 0.2) is 0 Å². The van der Waals surface area contributed by atoms with E-state index in [9.17, 15) is 0 Å². The molecule has 0 spiro atoms. The average molecular weight is 438 g/mol. The first kappa shape index (κ1) is 21.2. The fourth-order valence-electron chi connectivity index (χ4n) is 3.61. The SMILES string of the molecule is C(=N\c1ccc(-c2cncc(-c3ccc(/N=C/c4ccccc4)cc3)c2)cc1)/c1ccccc1. The summed E-state index contributed by atoms with van der Waals surface area (Å²) in [4.78, 5) is 13.6. The Morgan fingerprint density at radius 2 is 0.853 bits per heavy atom. The fraction of sp³-hybridized carbons (Fsp3) is 0. The third kappa shape index (κ3) is 5.40. The number of benzene rings is 4. The van der Waals surface area contributed by atoms with Crippen LogP contribution in [0.4, 0.5) is 11.4 Å². The molecule has 0 aliphatic carbocycles. The molecular formula is C31H23N3. The molecule has 0 N–H and O–H groups in total. The van der Waals surface area contributed by atoms with Crippen LogP contribution >= 0.6 is 0 Å². The molecule has 0 aliphatic heterocycles. The topological polar surface area (TPSA) is 37.6 Å². The molecule has 0 saturated heterocycles. The van der Waals surface area contributed by atoms with E-state index in [-0.39, 0.29) is 0 Å². The smallest absolute Gasteiger partial charge is 0.0630 e. The normalized spacial score (nSPS) is 11.3. The fourth-order valence-corrected chi connectivity index (χ4v) is 3.61. The van der Waals surface area contributed by atoms with Gasteiger partial charge in [-0.25, -0.2) is 0 Å². The van der Waals surface area contributed by atoms with Crippen molar-refractivity contribution in [1.82, 2.24) is 4.98 Å². The van der Waals surface area contributed by atoms with Crippen molar-refractivity contribution in [2.24, 2.45) is 9.98 Å². The van der Waals surface area contributed by atoms with E-state index in [1.165, 1.54) is 0 Å². The number of hydrogen-bond donors (Lipinski definition) is 0. The van der Waals surface area contributed by atoms with Gasteiger partial charge in [-0.05, 0) is 52.6 Å². The van der Waals surface area contributed by atoms with Crippen molar-refractivity contribution in [1.29, 1.82) is 0 Å². The van der Waals surface area contributed by atoms with Crippen molar-refractivity contribution < 1.29 is 0 Å². The van der Waals surface area contributed by atoms with Crippen LogP contribution < -0.4 is 0 Å². The van der Waals surface area contributed by atoms with Crippen LogP contribution in [0.25, 0.3) is 22.3 Å². The molecule has 0 unspecified atom stereocenters. The van der Waals surface area contributed by atoms with Crippen LogP contribution in [0.1, 0.15) is 11.1 Å². The summed E-state index contributed by atoms with van der Waals surface area (Å²) in [5, 5.41) is 0. The van der Waals surface area contributed by atoms with Crippen molar-refractivity contribution >= 4 is 23.8 Å². The first-order valence-electron chi connectivity index (χ1n) is 11.2. The lowest BCUT2D eigenvalue weighted by atomic mass is 10.0. The summed E-state index contributed by atoms with van der Waals surface area (Å²) in [6.45, 7) is 0. The predicted octanol–water partition coefficient (Wildman–Crippen LogP) is 7.92. The predicted molar refractivity (Wildman–Crippen MR) is 143 cm³/mol. The van der Waals surface area contributed by atoms with E-state index in [4.69, 9.17) is 0 Å². The molecule has 0 atom stereocenters. The van der Waals surface area contributed by atoms with Crippen LogP contribution in [0.5, 0.6) is 0 Å². The van der Waals surface area contributed by atoms with Gasteiger partial charge in [-0.2, -0.15) is 0 Å². The van der Waals surface area contributed by atoms with Crippen LogP contribution in [0.15, 0.2) is 138 Å². The van der Waals surface area contributed by atoms with E-state index in [1.807, 2.05) is 110 Å². The summed E-state index contributed by atoms with van der Waals surface area (Å²) < 4.78 is 0. The van der Waals surface area contributed by atoms with Gasteiger partial charge in [-0.15, -0.1) is 0 Å². The van der Waals surface area contributed by atoms with Crippen LogP contribution in [0.2, 0.25) is 0 Å². The summed E-state index contributed by atoms with van der Waals surface area (Å²) in [6.07, 6.45) is 7.55. The maximum absolute atomic E-state index is 4.57. The molecule has 0 saturated carbocycles. The van der Waals surface area contributed by atoms with Gasteiger partial charge in [0.25, 0.3) is 0 Å². The number of nitrogens with zero attached hydrogens (tertiary/aromatic N) is 3. The number of hydrogen-bond acceptors (Lipinski definition) is 3. The van der Waals surface area contributed by atoms with Crippen LogP contribution in [0, 0.1) is 0 Å². The molecule has 0 fully saturated rings. The van der Waals surface area contributed by atoms with Gasteiger partial charge >= 0.3 is 0 Å². The van der Waals surface area contributed by atoms with Crippen molar-refractivity contribution in [3.8, 4) is 22.3 Å². The quantitative estimate of drug-likeness (QED) is 0.249. The van der Waals surface area contributed by atoms with Gasteiger partial charge in [-0.1, -0.05) is 84.9 Å². The minimum Gasteiger partial charge on any atom is -0.263 e. The summed E-state index contributed by atoms with van der Waals surface area (Å²) in [5.74, 6) is 0. The van der Waals surface area contributed by atoms with Crippen molar-refractivity contribution in [2.45, 2.75) is 0 Å². The van der Waals surface area contributed by atoms with E-state index in [1.54, 1.807) is 0 Å². The Bertz CT molecular complexity index is 1300. The first-order valence-corrected chi connectivity index (χ1v) is 11.2. The van der Waals surface area contributed by atoms with Crippen LogP contribution in [0.3, 0.4) is 0 Å². The molecule has 34 heavy (non-hydrogen) atoms. The Labute approximate surface area is 199 Å². The number of aliphatic imine (C=N–C) groups is 2. The Hall–Kier alpha value is -4.63. The van der Waals surface area contributed by atoms with Crippen LogP contribution in [-0.4, -0.2) is 17.4 Å². The highest BCUT2D eigenvalue weighted by Gasteiger charge is 2.03. The van der Waals surface area contributed by atoms with Gasteiger partial charge in [-0.3, -0.25) is 15.0 Å². The largest absolute Gasteiger partial charge is 0.263 e. The summed E-state index contributed by atoms with van der Waals surface area (Å²) in [6, 6.07) is 38.8. The maximum Gasteiger partial charge on any atom is 0.0630 e. The Balaban J connectivity index is 1.30. The van der Waals surface area contributed by atoms with Crippen LogP contribution in [-0.2, 0) is 0 Å². The van der Waals surface area contributed by atoms with E-state index >= 15 is 0 Å². The van der Waals surface area contributed by atoms with Crippen molar-refractivity contribution in [3.05, 3.63) is 139 Å². The Morgan fingerprint density at radius 1 is 0.441 bits per heavy atom. The Morgan fingerprint density at radius 3 is 1.26 bits per heavy atom. The third-order valence-electron chi connectivity index (χ3n) is 5.46. The van der Waals surface area contributed by atoms with Gasteiger partial charge in [0.1, 0.15) is 0 Å². The monoisotopic (exact) mass is 437 g/mol. The zero-order chi connectivity index (χ0) is 23.0. The molecule has 5 rings (SSSR count). The second-order valence-corrected chi connectivity index (χ2v) is 7.89. The first-order chi connectivity index (χ1) is 16.8. The van der Waals surface area contributed by atoms with Crippen molar-refractivity contribution in [3.63, 3.8) is 0 Å². The van der Waals surface area contributed by atoms with Gasteiger partial charge in [0.05, 0.1) is 11.4 Å².